The second kappa shape index (κ2) is 5.63. The lowest BCUT2D eigenvalue weighted by Gasteiger charge is -2.28. The largest absolute Gasteiger partial charge is 0.376 e. The zero-order valence-electron chi connectivity index (χ0n) is 10.6. The number of aryl methyl sites for hydroxylation is 2. The second-order valence-corrected chi connectivity index (χ2v) is 4.78. The van der Waals surface area contributed by atoms with Crippen molar-refractivity contribution < 1.29 is 9.47 Å². The van der Waals surface area contributed by atoms with Crippen molar-refractivity contribution in [3.63, 3.8) is 0 Å². The van der Waals surface area contributed by atoms with Crippen molar-refractivity contribution in [1.29, 1.82) is 0 Å². The van der Waals surface area contributed by atoms with Gasteiger partial charge in [-0.25, -0.2) is 0 Å². The Labute approximate surface area is 103 Å². The van der Waals surface area contributed by atoms with E-state index in [9.17, 15) is 0 Å². The molecule has 1 aromatic carbocycles. The molecule has 1 aromatic rings. The summed E-state index contributed by atoms with van der Waals surface area (Å²) in [6.07, 6.45) is 0.880. The molecule has 1 fully saturated rings. The Morgan fingerprint density at radius 2 is 2.18 bits per heavy atom. The molecule has 1 aliphatic heterocycles. The zero-order chi connectivity index (χ0) is 12.3. The van der Waals surface area contributed by atoms with Crippen molar-refractivity contribution >= 4 is 0 Å². The first kappa shape index (κ1) is 12.6. The molecule has 2 atom stereocenters. The van der Waals surface area contributed by atoms with E-state index in [2.05, 4.69) is 32.0 Å². The molecule has 1 aliphatic rings. The number of hydrogen-bond acceptors (Lipinski definition) is 3. The van der Waals surface area contributed by atoms with E-state index in [0.717, 1.165) is 6.42 Å². The maximum atomic E-state index is 6.19. The molecule has 0 spiro atoms. The quantitative estimate of drug-likeness (QED) is 0.865. The normalized spacial score (nSPS) is 22.4. The van der Waals surface area contributed by atoms with Crippen LogP contribution in [0, 0.1) is 13.8 Å². The fourth-order valence-electron chi connectivity index (χ4n) is 2.16. The van der Waals surface area contributed by atoms with Gasteiger partial charge in [0.15, 0.2) is 0 Å². The minimum Gasteiger partial charge on any atom is -0.376 e. The summed E-state index contributed by atoms with van der Waals surface area (Å²) in [6, 6.07) is 6.50. The van der Waals surface area contributed by atoms with E-state index >= 15 is 0 Å². The highest BCUT2D eigenvalue weighted by Gasteiger charge is 2.22. The van der Waals surface area contributed by atoms with Gasteiger partial charge in [-0.3, -0.25) is 0 Å². The Morgan fingerprint density at radius 1 is 1.35 bits per heavy atom. The van der Waals surface area contributed by atoms with E-state index in [-0.39, 0.29) is 12.1 Å². The molecule has 0 bridgehead atoms. The summed E-state index contributed by atoms with van der Waals surface area (Å²) in [5, 5.41) is 0. The average molecular weight is 235 g/mol. The predicted octanol–water partition coefficient (Wildman–Crippen LogP) is 1.59. The van der Waals surface area contributed by atoms with E-state index < -0.39 is 0 Å². The Morgan fingerprint density at radius 3 is 2.88 bits per heavy atom. The van der Waals surface area contributed by atoms with Crippen LogP contribution in [0.1, 0.15) is 16.7 Å². The van der Waals surface area contributed by atoms with E-state index in [1.165, 1.54) is 16.7 Å². The molecule has 0 aliphatic carbocycles. The highest BCUT2D eigenvalue weighted by molar-refractivity contribution is 5.31. The van der Waals surface area contributed by atoms with Gasteiger partial charge in [0, 0.05) is 6.04 Å². The van der Waals surface area contributed by atoms with Gasteiger partial charge in [0.25, 0.3) is 0 Å². The van der Waals surface area contributed by atoms with E-state index in [0.29, 0.717) is 19.8 Å². The van der Waals surface area contributed by atoms with Gasteiger partial charge in [-0.2, -0.15) is 0 Å². The lowest BCUT2D eigenvalue weighted by atomic mass is 9.97. The van der Waals surface area contributed by atoms with Gasteiger partial charge in [0.2, 0.25) is 0 Å². The van der Waals surface area contributed by atoms with Crippen molar-refractivity contribution in [2.24, 2.45) is 5.73 Å². The molecule has 17 heavy (non-hydrogen) atoms. The van der Waals surface area contributed by atoms with Crippen LogP contribution < -0.4 is 5.73 Å². The van der Waals surface area contributed by atoms with Crippen LogP contribution in [0.5, 0.6) is 0 Å². The molecule has 3 heteroatoms. The molecule has 0 radical (unpaired) electrons. The molecule has 2 unspecified atom stereocenters. The summed E-state index contributed by atoms with van der Waals surface area (Å²) in [4.78, 5) is 0. The summed E-state index contributed by atoms with van der Waals surface area (Å²) in [6.45, 7) is 6.19. The molecule has 0 saturated carbocycles. The van der Waals surface area contributed by atoms with Gasteiger partial charge in [-0.05, 0) is 31.4 Å². The molecule has 3 nitrogen and oxygen atoms in total. The van der Waals surface area contributed by atoms with Crippen LogP contribution in [-0.4, -0.2) is 32.0 Å². The van der Waals surface area contributed by atoms with Gasteiger partial charge in [0.1, 0.15) is 0 Å². The van der Waals surface area contributed by atoms with Gasteiger partial charge in [-0.15, -0.1) is 0 Å². The number of rotatable bonds is 3. The summed E-state index contributed by atoms with van der Waals surface area (Å²) < 4.78 is 11.0. The van der Waals surface area contributed by atoms with Crippen molar-refractivity contribution in [3.05, 3.63) is 34.9 Å². The number of hydrogen-bond donors (Lipinski definition) is 1. The molecule has 0 aromatic heterocycles. The van der Waals surface area contributed by atoms with Gasteiger partial charge < -0.3 is 15.2 Å². The maximum Gasteiger partial charge on any atom is 0.0963 e. The van der Waals surface area contributed by atoms with Crippen LogP contribution in [0.25, 0.3) is 0 Å². The third kappa shape index (κ3) is 3.28. The lowest BCUT2D eigenvalue weighted by Crippen LogP contribution is -2.44. The number of ether oxygens (including phenoxy) is 2. The Balaban J connectivity index is 2.01. The molecular formula is C14H21NO2. The number of nitrogens with two attached hydrogens (primary N) is 1. The SMILES string of the molecule is Cc1ccc(C)c(CC(N)C2COCCO2)c1. The molecule has 2 rings (SSSR count). The summed E-state index contributed by atoms with van der Waals surface area (Å²) in [5.74, 6) is 0. The standard InChI is InChI=1S/C14H21NO2/c1-10-3-4-11(2)12(7-10)8-13(15)14-9-16-5-6-17-14/h3-4,7,13-14H,5-6,8-9,15H2,1-2H3. The third-order valence-electron chi connectivity index (χ3n) is 3.28. The monoisotopic (exact) mass is 235 g/mol. The second-order valence-electron chi connectivity index (χ2n) is 4.78. The van der Waals surface area contributed by atoms with Crippen molar-refractivity contribution in [1.82, 2.24) is 0 Å². The average Bonchev–Trinajstić information content (AvgIpc) is 2.35. The lowest BCUT2D eigenvalue weighted by molar-refractivity contribution is -0.0967. The highest BCUT2D eigenvalue weighted by Crippen LogP contribution is 2.15. The summed E-state index contributed by atoms with van der Waals surface area (Å²) in [7, 11) is 0. The topological polar surface area (TPSA) is 44.5 Å². The molecule has 2 N–H and O–H groups in total. The first-order valence-corrected chi connectivity index (χ1v) is 6.18. The van der Waals surface area contributed by atoms with Gasteiger partial charge in [0.05, 0.1) is 25.9 Å². The van der Waals surface area contributed by atoms with Gasteiger partial charge >= 0.3 is 0 Å². The van der Waals surface area contributed by atoms with Crippen LogP contribution in [-0.2, 0) is 15.9 Å². The molecule has 1 heterocycles. The van der Waals surface area contributed by atoms with Crippen molar-refractivity contribution in [2.45, 2.75) is 32.4 Å². The van der Waals surface area contributed by atoms with Crippen molar-refractivity contribution in [3.8, 4) is 0 Å². The summed E-state index contributed by atoms with van der Waals surface area (Å²) in [5.41, 5.74) is 10.1. The summed E-state index contributed by atoms with van der Waals surface area (Å²) >= 11 is 0. The van der Waals surface area contributed by atoms with E-state index in [4.69, 9.17) is 15.2 Å². The molecule has 1 saturated heterocycles. The molecule has 94 valence electrons. The minimum atomic E-state index is 0.01000. The van der Waals surface area contributed by atoms with Crippen LogP contribution in [0.15, 0.2) is 18.2 Å². The van der Waals surface area contributed by atoms with Crippen LogP contribution in [0.3, 0.4) is 0 Å². The smallest absolute Gasteiger partial charge is 0.0963 e. The first-order chi connectivity index (χ1) is 8.16. The number of benzene rings is 1. The van der Waals surface area contributed by atoms with Crippen LogP contribution >= 0.6 is 0 Å². The Kier molecular flexibility index (Phi) is 4.15. The molecular weight excluding hydrogens is 214 g/mol. The Hall–Kier alpha value is -0.900. The zero-order valence-corrected chi connectivity index (χ0v) is 10.6. The fourth-order valence-corrected chi connectivity index (χ4v) is 2.16. The van der Waals surface area contributed by atoms with Gasteiger partial charge in [-0.1, -0.05) is 23.8 Å². The van der Waals surface area contributed by atoms with Crippen LogP contribution in [0.2, 0.25) is 0 Å². The highest BCUT2D eigenvalue weighted by atomic mass is 16.6. The fraction of sp³-hybridized carbons (Fsp3) is 0.571. The van der Waals surface area contributed by atoms with Crippen molar-refractivity contribution in [2.75, 3.05) is 19.8 Å². The first-order valence-electron chi connectivity index (χ1n) is 6.18. The third-order valence-corrected chi connectivity index (χ3v) is 3.28. The maximum absolute atomic E-state index is 6.19. The van der Waals surface area contributed by atoms with E-state index in [1.54, 1.807) is 0 Å². The Bertz CT molecular complexity index is 372. The predicted molar refractivity (Wildman–Crippen MR) is 68.2 cm³/mol. The minimum absolute atomic E-state index is 0.01000. The van der Waals surface area contributed by atoms with E-state index in [1.807, 2.05) is 0 Å². The molecule has 0 amide bonds. The van der Waals surface area contributed by atoms with Crippen LogP contribution in [0.4, 0.5) is 0 Å².